The van der Waals surface area contributed by atoms with Crippen molar-refractivity contribution in [1.82, 2.24) is 19.9 Å². The van der Waals surface area contributed by atoms with Crippen LogP contribution in [0.2, 0.25) is 0 Å². The molecule has 9 nitrogen and oxygen atoms in total. The van der Waals surface area contributed by atoms with Gasteiger partial charge in [0.15, 0.2) is 5.82 Å². The third kappa shape index (κ3) is 4.70. The molecule has 0 saturated heterocycles. The molecule has 24 heavy (non-hydrogen) atoms. The van der Waals surface area contributed by atoms with E-state index in [1.807, 2.05) is 43.3 Å². The molecule has 0 aliphatic heterocycles. The highest BCUT2D eigenvalue weighted by Gasteiger charge is 2.10. The zero-order chi connectivity index (χ0) is 17.7. The van der Waals surface area contributed by atoms with Gasteiger partial charge < -0.3 is 15.1 Å². The van der Waals surface area contributed by atoms with Crippen molar-refractivity contribution in [3.63, 3.8) is 0 Å². The highest BCUT2D eigenvalue weighted by atomic mass is 16.2. The fourth-order valence-corrected chi connectivity index (χ4v) is 1.84. The summed E-state index contributed by atoms with van der Waals surface area (Å²) in [6.07, 6.45) is 1.50. The normalized spacial score (nSPS) is 10.2. The van der Waals surface area contributed by atoms with Gasteiger partial charge in [0.2, 0.25) is 5.91 Å². The molecule has 2 N–H and O–H groups in total. The standard InChI is InChI=1S/C15H21N7O2/c1-20(2)12-7-5-11(6-8-12)16-14(23)10-22-9-13(18-19-22)17-15(24)21(3)4/h5-9H,10H2,1-4H3,(H,16,23)(H,17,24). The SMILES string of the molecule is CN(C)C(=O)Nc1cn(CC(=O)Nc2ccc(N(C)C)cc2)nn1. The summed E-state index contributed by atoms with van der Waals surface area (Å²) in [5.74, 6) is 0.0554. The van der Waals surface area contributed by atoms with Crippen molar-refractivity contribution < 1.29 is 9.59 Å². The first-order valence-electron chi connectivity index (χ1n) is 7.31. The summed E-state index contributed by atoms with van der Waals surface area (Å²) in [5, 5.41) is 13.0. The van der Waals surface area contributed by atoms with Crippen LogP contribution in [-0.4, -0.2) is 60.0 Å². The van der Waals surface area contributed by atoms with Crippen molar-refractivity contribution in [3.8, 4) is 0 Å². The molecule has 1 heterocycles. The van der Waals surface area contributed by atoms with Gasteiger partial charge in [0.1, 0.15) is 6.54 Å². The lowest BCUT2D eigenvalue weighted by Gasteiger charge is -2.13. The minimum Gasteiger partial charge on any atom is -0.378 e. The number of hydrogen-bond donors (Lipinski definition) is 2. The number of carbonyl (C=O) groups excluding carboxylic acids is 2. The van der Waals surface area contributed by atoms with Gasteiger partial charge in [-0.05, 0) is 24.3 Å². The van der Waals surface area contributed by atoms with E-state index in [0.29, 0.717) is 5.69 Å². The number of urea groups is 1. The van der Waals surface area contributed by atoms with E-state index >= 15 is 0 Å². The Morgan fingerprint density at radius 2 is 1.75 bits per heavy atom. The van der Waals surface area contributed by atoms with Crippen LogP contribution in [0, 0.1) is 0 Å². The van der Waals surface area contributed by atoms with Gasteiger partial charge in [0, 0.05) is 39.6 Å². The fraction of sp³-hybridized carbons (Fsp3) is 0.333. The Bertz CT molecular complexity index is 707. The average molecular weight is 331 g/mol. The van der Waals surface area contributed by atoms with Gasteiger partial charge in [-0.15, -0.1) is 5.10 Å². The van der Waals surface area contributed by atoms with Crippen molar-refractivity contribution in [3.05, 3.63) is 30.5 Å². The molecule has 2 rings (SSSR count). The van der Waals surface area contributed by atoms with Gasteiger partial charge in [-0.3, -0.25) is 10.1 Å². The molecule has 0 bridgehead atoms. The minimum atomic E-state index is -0.313. The van der Waals surface area contributed by atoms with Crippen molar-refractivity contribution in [1.29, 1.82) is 0 Å². The fourth-order valence-electron chi connectivity index (χ4n) is 1.84. The first-order valence-corrected chi connectivity index (χ1v) is 7.31. The van der Waals surface area contributed by atoms with Crippen LogP contribution < -0.4 is 15.5 Å². The van der Waals surface area contributed by atoms with Crippen molar-refractivity contribution >= 4 is 29.1 Å². The number of amides is 3. The summed E-state index contributed by atoms with van der Waals surface area (Å²) in [6.45, 7) is 0.000265. The first kappa shape index (κ1) is 17.3. The number of rotatable bonds is 5. The minimum absolute atomic E-state index is 0.000265. The lowest BCUT2D eigenvalue weighted by molar-refractivity contribution is -0.116. The van der Waals surface area contributed by atoms with Gasteiger partial charge in [0.05, 0.1) is 6.20 Å². The number of hydrogen-bond acceptors (Lipinski definition) is 5. The van der Waals surface area contributed by atoms with E-state index in [2.05, 4.69) is 20.9 Å². The predicted octanol–water partition coefficient (Wildman–Crippen LogP) is 1.08. The molecule has 0 unspecified atom stereocenters. The number of benzene rings is 1. The number of nitrogens with zero attached hydrogens (tertiary/aromatic N) is 5. The molecule has 0 fully saturated rings. The molecular formula is C15H21N7O2. The summed E-state index contributed by atoms with van der Waals surface area (Å²) in [5.41, 5.74) is 1.75. The summed E-state index contributed by atoms with van der Waals surface area (Å²) < 4.78 is 1.36. The van der Waals surface area contributed by atoms with Gasteiger partial charge in [-0.1, -0.05) is 5.21 Å². The zero-order valence-electron chi connectivity index (χ0n) is 14.1. The Kier molecular flexibility index (Phi) is 5.35. The van der Waals surface area contributed by atoms with Crippen LogP contribution in [-0.2, 0) is 11.3 Å². The smallest absolute Gasteiger partial charge is 0.322 e. The predicted molar refractivity (Wildman–Crippen MR) is 92.1 cm³/mol. The van der Waals surface area contributed by atoms with Gasteiger partial charge in [-0.25, -0.2) is 9.48 Å². The Morgan fingerprint density at radius 1 is 1.08 bits per heavy atom. The highest BCUT2D eigenvalue weighted by Crippen LogP contribution is 2.15. The van der Waals surface area contributed by atoms with Crippen molar-refractivity contribution in [2.75, 3.05) is 43.7 Å². The maximum atomic E-state index is 12.0. The van der Waals surface area contributed by atoms with Gasteiger partial charge in [0.25, 0.3) is 0 Å². The molecule has 9 heteroatoms. The molecule has 0 spiro atoms. The maximum Gasteiger partial charge on any atom is 0.322 e. The lowest BCUT2D eigenvalue weighted by atomic mass is 10.2. The Balaban J connectivity index is 1.90. The number of carbonyl (C=O) groups is 2. The first-order chi connectivity index (χ1) is 11.3. The van der Waals surface area contributed by atoms with E-state index in [4.69, 9.17) is 0 Å². The summed E-state index contributed by atoms with van der Waals surface area (Å²) >= 11 is 0. The van der Waals surface area contributed by atoms with Crippen molar-refractivity contribution in [2.45, 2.75) is 6.54 Å². The zero-order valence-corrected chi connectivity index (χ0v) is 14.1. The van der Waals surface area contributed by atoms with Gasteiger partial charge >= 0.3 is 6.03 Å². The summed E-state index contributed by atoms with van der Waals surface area (Å²) in [7, 11) is 7.14. The van der Waals surface area contributed by atoms with Crippen LogP contribution in [0.1, 0.15) is 0 Å². The lowest BCUT2D eigenvalue weighted by Crippen LogP contribution is -2.27. The second-order valence-corrected chi connectivity index (χ2v) is 5.62. The topological polar surface area (TPSA) is 95.4 Å². The van der Waals surface area contributed by atoms with Crippen LogP contribution in [0.15, 0.2) is 30.5 Å². The van der Waals surface area contributed by atoms with E-state index < -0.39 is 0 Å². The Hall–Kier alpha value is -3.10. The summed E-state index contributed by atoms with van der Waals surface area (Å²) in [4.78, 5) is 26.9. The molecule has 0 atom stereocenters. The summed E-state index contributed by atoms with van der Waals surface area (Å²) in [6, 6.07) is 7.18. The van der Waals surface area contributed by atoms with Crippen LogP contribution in [0.5, 0.6) is 0 Å². The molecule has 0 radical (unpaired) electrons. The number of aromatic nitrogens is 3. The van der Waals surface area contributed by atoms with Gasteiger partial charge in [-0.2, -0.15) is 0 Å². The third-order valence-corrected chi connectivity index (χ3v) is 3.15. The molecule has 1 aromatic carbocycles. The molecule has 0 aliphatic carbocycles. The maximum absolute atomic E-state index is 12.0. The number of anilines is 3. The van der Waals surface area contributed by atoms with E-state index in [1.54, 1.807) is 14.1 Å². The van der Waals surface area contributed by atoms with E-state index in [1.165, 1.54) is 15.8 Å². The van der Waals surface area contributed by atoms with Crippen molar-refractivity contribution in [2.24, 2.45) is 0 Å². The third-order valence-electron chi connectivity index (χ3n) is 3.15. The average Bonchev–Trinajstić information content (AvgIpc) is 2.94. The van der Waals surface area contributed by atoms with E-state index in [9.17, 15) is 9.59 Å². The van der Waals surface area contributed by atoms with E-state index in [-0.39, 0.29) is 24.3 Å². The van der Waals surface area contributed by atoms with E-state index in [0.717, 1.165) is 5.69 Å². The highest BCUT2D eigenvalue weighted by molar-refractivity contribution is 5.91. The van der Waals surface area contributed by atoms with Crippen LogP contribution in [0.3, 0.4) is 0 Å². The van der Waals surface area contributed by atoms with Crippen LogP contribution in [0.25, 0.3) is 0 Å². The number of nitrogens with one attached hydrogen (secondary N) is 2. The second kappa shape index (κ2) is 7.44. The molecular weight excluding hydrogens is 310 g/mol. The van der Waals surface area contributed by atoms with Crippen LogP contribution in [0.4, 0.5) is 22.0 Å². The molecule has 0 saturated carbocycles. The molecule has 128 valence electrons. The largest absolute Gasteiger partial charge is 0.378 e. The molecule has 2 aromatic rings. The Labute approximate surface area is 140 Å². The quantitative estimate of drug-likeness (QED) is 0.855. The molecule has 0 aliphatic rings. The molecule has 3 amide bonds. The Morgan fingerprint density at radius 3 is 2.33 bits per heavy atom. The monoisotopic (exact) mass is 331 g/mol. The van der Waals surface area contributed by atoms with Crippen LogP contribution >= 0.6 is 0 Å². The molecule has 1 aromatic heterocycles. The second-order valence-electron chi connectivity index (χ2n) is 5.62.